The van der Waals surface area contributed by atoms with Gasteiger partial charge in [-0.25, -0.2) is 0 Å². The minimum absolute atomic E-state index is 0.0509. The van der Waals surface area contributed by atoms with Crippen molar-refractivity contribution in [2.45, 2.75) is 38.6 Å². The van der Waals surface area contributed by atoms with E-state index in [1.807, 2.05) is 17.0 Å². The van der Waals surface area contributed by atoms with Gasteiger partial charge >= 0.3 is 0 Å². The van der Waals surface area contributed by atoms with Gasteiger partial charge in [0.2, 0.25) is 6.79 Å². The molecule has 1 N–H and O–H groups in total. The number of amides is 1. The van der Waals surface area contributed by atoms with E-state index in [0.717, 1.165) is 25.1 Å². The van der Waals surface area contributed by atoms with E-state index in [4.69, 9.17) is 9.47 Å². The number of nitrogens with one attached hydrogen (secondary N) is 1. The third kappa shape index (κ3) is 3.87. The number of hydrogen-bond acceptors (Lipinski definition) is 4. The van der Waals surface area contributed by atoms with Gasteiger partial charge in [0.15, 0.2) is 11.5 Å². The van der Waals surface area contributed by atoms with Crippen molar-refractivity contribution < 1.29 is 14.3 Å². The van der Waals surface area contributed by atoms with Gasteiger partial charge in [-0.1, -0.05) is 26.0 Å². The molecular formula is C22H26N2O3. The van der Waals surface area contributed by atoms with Gasteiger partial charge in [0.05, 0.1) is 0 Å². The first-order valence-electron chi connectivity index (χ1n) is 9.65. The van der Waals surface area contributed by atoms with Gasteiger partial charge in [0.25, 0.3) is 5.91 Å². The molecule has 4 rings (SSSR count). The van der Waals surface area contributed by atoms with Crippen LogP contribution in [0.3, 0.4) is 0 Å². The first kappa shape index (κ1) is 17.7. The summed E-state index contributed by atoms with van der Waals surface area (Å²) in [7, 11) is 0. The average molecular weight is 366 g/mol. The van der Waals surface area contributed by atoms with Crippen LogP contribution in [0.5, 0.6) is 11.5 Å². The van der Waals surface area contributed by atoms with Crippen molar-refractivity contribution in [2.75, 3.05) is 25.2 Å². The fourth-order valence-electron chi connectivity index (χ4n) is 3.69. The third-order valence-electron chi connectivity index (χ3n) is 5.28. The summed E-state index contributed by atoms with van der Waals surface area (Å²) in [4.78, 5) is 14.9. The van der Waals surface area contributed by atoms with Crippen LogP contribution in [0.2, 0.25) is 0 Å². The summed E-state index contributed by atoms with van der Waals surface area (Å²) in [5.74, 6) is 1.94. The van der Waals surface area contributed by atoms with Crippen molar-refractivity contribution in [3.8, 4) is 11.5 Å². The molecule has 0 saturated carbocycles. The lowest BCUT2D eigenvalue weighted by Gasteiger charge is -2.34. The van der Waals surface area contributed by atoms with Crippen LogP contribution in [0.1, 0.15) is 48.5 Å². The Labute approximate surface area is 160 Å². The Morgan fingerprint density at radius 1 is 1.11 bits per heavy atom. The molecule has 0 aliphatic carbocycles. The third-order valence-corrected chi connectivity index (χ3v) is 5.28. The standard InChI is InChI=1S/C22H26N2O3/c1-15(2)16-5-8-18(9-6-16)23-19-4-3-11-24(13-19)22(25)17-7-10-20-21(12-17)27-14-26-20/h5-10,12,15,19,23H,3-4,11,13-14H2,1-2H3/t19-/m0/s1. The summed E-state index contributed by atoms with van der Waals surface area (Å²) in [5.41, 5.74) is 3.10. The van der Waals surface area contributed by atoms with Gasteiger partial charge < -0.3 is 19.7 Å². The molecule has 2 aliphatic heterocycles. The van der Waals surface area contributed by atoms with Crippen molar-refractivity contribution in [3.63, 3.8) is 0 Å². The Balaban J connectivity index is 1.41. The lowest BCUT2D eigenvalue weighted by molar-refractivity contribution is 0.0714. The maximum atomic E-state index is 12.9. The predicted molar refractivity (Wildman–Crippen MR) is 106 cm³/mol. The van der Waals surface area contributed by atoms with Crippen molar-refractivity contribution >= 4 is 11.6 Å². The number of carbonyl (C=O) groups excluding carboxylic acids is 1. The van der Waals surface area contributed by atoms with Crippen LogP contribution >= 0.6 is 0 Å². The number of benzene rings is 2. The molecule has 0 bridgehead atoms. The van der Waals surface area contributed by atoms with Gasteiger partial charge in [-0.15, -0.1) is 0 Å². The van der Waals surface area contributed by atoms with E-state index in [1.54, 1.807) is 6.07 Å². The number of piperidine rings is 1. The van der Waals surface area contributed by atoms with E-state index in [9.17, 15) is 4.79 Å². The van der Waals surface area contributed by atoms with E-state index in [1.165, 1.54) is 5.56 Å². The van der Waals surface area contributed by atoms with E-state index >= 15 is 0 Å². The molecule has 0 aromatic heterocycles. The van der Waals surface area contributed by atoms with Crippen LogP contribution in [-0.2, 0) is 0 Å². The van der Waals surface area contributed by atoms with Crippen LogP contribution in [-0.4, -0.2) is 36.7 Å². The Morgan fingerprint density at radius 2 is 1.89 bits per heavy atom. The highest BCUT2D eigenvalue weighted by Gasteiger charge is 2.26. The summed E-state index contributed by atoms with van der Waals surface area (Å²) in [6.07, 6.45) is 2.06. The van der Waals surface area contributed by atoms with E-state index in [-0.39, 0.29) is 18.7 Å². The zero-order valence-electron chi connectivity index (χ0n) is 15.9. The number of anilines is 1. The van der Waals surface area contributed by atoms with Gasteiger partial charge in [-0.3, -0.25) is 4.79 Å². The Kier molecular flexibility index (Phi) is 4.92. The predicted octanol–water partition coefficient (Wildman–Crippen LogP) is 4.26. The number of ether oxygens (including phenoxy) is 2. The zero-order chi connectivity index (χ0) is 18.8. The fraction of sp³-hybridized carbons (Fsp3) is 0.409. The molecule has 5 nitrogen and oxygen atoms in total. The minimum Gasteiger partial charge on any atom is -0.454 e. The van der Waals surface area contributed by atoms with E-state index < -0.39 is 0 Å². The normalized spacial score (nSPS) is 18.6. The number of carbonyl (C=O) groups is 1. The van der Waals surface area contributed by atoms with Crippen LogP contribution in [0, 0.1) is 0 Å². The average Bonchev–Trinajstić information content (AvgIpc) is 3.16. The molecule has 0 radical (unpaired) electrons. The summed E-state index contributed by atoms with van der Waals surface area (Å²) in [6, 6.07) is 14.3. The number of nitrogens with zero attached hydrogens (tertiary/aromatic N) is 1. The second-order valence-electron chi connectivity index (χ2n) is 7.58. The SMILES string of the molecule is CC(C)c1ccc(N[C@H]2CCCN(C(=O)c3ccc4c(c3)OCO4)C2)cc1. The van der Waals surface area contributed by atoms with Crippen LogP contribution in [0.25, 0.3) is 0 Å². The second kappa shape index (κ2) is 7.51. The summed E-state index contributed by atoms with van der Waals surface area (Å²) < 4.78 is 10.7. The Bertz CT molecular complexity index is 817. The van der Waals surface area contributed by atoms with E-state index in [0.29, 0.717) is 29.5 Å². The second-order valence-corrected chi connectivity index (χ2v) is 7.58. The topological polar surface area (TPSA) is 50.8 Å². The van der Waals surface area contributed by atoms with Gasteiger partial charge in [0.1, 0.15) is 0 Å². The molecule has 1 atom stereocenters. The first-order valence-corrected chi connectivity index (χ1v) is 9.65. The molecule has 2 aromatic rings. The monoisotopic (exact) mass is 366 g/mol. The number of fused-ring (bicyclic) bond motifs is 1. The molecule has 2 aliphatic rings. The molecule has 2 aromatic carbocycles. The highest BCUT2D eigenvalue weighted by Crippen LogP contribution is 2.33. The minimum atomic E-state index is 0.0509. The molecule has 0 spiro atoms. The zero-order valence-corrected chi connectivity index (χ0v) is 15.9. The smallest absolute Gasteiger partial charge is 0.254 e. The first-order chi connectivity index (χ1) is 13.1. The molecule has 142 valence electrons. The van der Waals surface area contributed by atoms with Crippen LogP contribution < -0.4 is 14.8 Å². The lowest BCUT2D eigenvalue weighted by Crippen LogP contribution is -2.45. The fourth-order valence-corrected chi connectivity index (χ4v) is 3.69. The number of likely N-dealkylation sites (tertiary alicyclic amines) is 1. The maximum Gasteiger partial charge on any atom is 0.254 e. The van der Waals surface area contributed by atoms with Crippen molar-refractivity contribution in [2.24, 2.45) is 0 Å². The molecule has 2 heterocycles. The van der Waals surface area contributed by atoms with Crippen LogP contribution in [0.15, 0.2) is 42.5 Å². The molecule has 1 amide bonds. The molecule has 5 heteroatoms. The quantitative estimate of drug-likeness (QED) is 0.879. The number of hydrogen-bond donors (Lipinski definition) is 1. The largest absolute Gasteiger partial charge is 0.454 e. The number of rotatable bonds is 4. The maximum absolute atomic E-state index is 12.9. The molecular weight excluding hydrogens is 340 g/mol. The van der Waals surface area contributed by atoms with E-state index in [2.05, 4.69) is 43.4 Å². The molecule has 1 fully saturated rings. The highest BCUT2D eigenvalue weighted by atomic mass is 16.7. The van der Waals surface area contributed by atoms with Crippen molar-refractivity contribution in [3.05, 3.63) is 53.6 Å². The van der Waals surface area contributed by atoms with Gasteiger partial charge in [-0.2, -0.15) is 0 Å². The van der Waals surface area contributed by atoms with Crippen molar-refractivity contribution in [1.29, 1.82) is 0 Å². The Hall–Kier alpha value is -2.69. The van der Waals surface area contributed by atoms with Gasteiger partial charge in [0, 0.05) is 30.4 Å². The molecule has 27 heavy (non-hydrogen) atoms. The van der Waals surface area contributed by atoms with Crippen LogP contribution in [0.4, 0.5) is 5.69 Å². The summed E-state index contributed by atoms with van der Waals surface area (Å²) >= 11 is 0. The Morgan fingerprint density at radius 3 is 2.67 bits per heavy atom. The van der Waals surface area contributed by atoms with Crippen molar-refractivity contribution in [1.82, 2.24) is 4.90 Å². The summed E-state index contributed by atoms with van der Waals surface area (Å²) in [5, 5.41) is 3.59. The highest BCUT2D eigenvalue weighted by molar-refractivity contribution is 5.95. The van der Waals surface area contributed by atoms with Gasteiger partial charge in [-0.05, 0) is 54.7 Å². The molecule has 1 saturated heterocycles. The summed E-state index contributed by atoms with van der Waals surface area (Å²) in [6.45, 7) is 6.11. The lowest BCUT2D eigenvalue weighted by atomic mass is 10.0. The molecule has 0 unspecified atom stereocenters.